The lowest BCUT2D eigenvalue weighted by Crippen LogP contribution is -2.38. The van der Waals surface area contributed by atoms with Gasteiger partial charge in [0.15, 0.2) is 0 Å². The van der Waals surface area contributed by atoms with Gasteiger partial charge >= 0.3 is 0 Å². The van der Waals surface area contributed by atoms with E-state index in [9.17, 15) is 35.2 Å². The zero-order valence-electron chi connectivity index (χ0n) is 18.3. The van der Waals surface area contributed by atoms with Crippen molar-refractivity contribution in [3.63, 3.8) is 0 Å². The summed E-state index contributed by atoms with van der Waals surface area (Å²) in [6.45, 7) is 2.86. The summed E-state index contributed by atoms with van der Waals surface area (Å²) in [5.41, 5.74) is -1.07. The van der Waals surface area contributed by atoms with Crippen LogP contribution in [0.15, 0.2) is 18.2 Å². The van der Waals surface area contributed by atoms with E-state index in [1.165, 1.54) is 12.1 Å². The van der Waals surface area contributed by atoms with Crippen LogP contribution in [0.4, 0.5) is 17.1 Å². The Kier molecular flexibility index (Phi) is 9.33. The first-order valence-corrected chi connectivity index (χ1v) is 11.0. The van der Waals surface area contributed by atoms with Gasteiger partial charge in [-0.1, -0.05) is 32.6 Å². The predicted molar refractivity (Wildman–Crippen MR) is 118 cm³/mol. The van der Waals surface area contributed by atoms with Crippen molar-refractivity contribution in [3.05, 3.63) is 38.4 Å². The molecule has 0 heterocycles. The minimum absolute atomic E-state index is 0.125. The van der Waals surface area contributed by atoms with Gasteiger partial charge in [0.25, 0.3) is 11.4 Å². The van der Waals surface area contributed by atoms with Crippen molar-refractivity contribution in [2.75, 3.05) is 18.4 Å². The van der Waals surface area contributed by atoms with Crippen molar-refractivity contribution in [3.8, 4) is 0 Å². The van der Waals surface area contributed by atoms with Crippen molar-refractivity contribution >= 4 is 23.0 Å². The monoisotopic (exact) mass is 452 g/mol. The molecule has 0 spiro atoms. The summed E-state index contributed by atoms with van der Waals surface area (Å²) in [7, 11) is 0. The highest BCUT2D eigenvalue weighted by Gasteiger charge is 2.45. The third-order valence-electron chi connectivity index (χ3n) is 5.91. The van der Waals surface area contributed by atoms with Gasteiger partial charge in [0.05, 0.1) is 33.5 Å². The number of nitrogens with zero attached hydrogens (tertiary/aromatic N) is 2. The van der Waals surface area contributed by atoms with Crippen LogP contribution in [0.25, 0.3) is 0 Å². The van der Waals surface area contributed by atoms with Gasteiger partial charge in [-0.25, -0.2) is 0 Å². The van der Waals surface area contributed by atoms with Gasteiger partial charge in [0, 0.05) is 19.2 Å². The van der Waals surface area contributed by atoms with Crippen molar-refractivity contribution in [2.45, 2.75) is 70.5 Å². The van der Waals surface area contributed by atoms with Crippen molar-refractivity contribution in [1.29, 1.82) is 0 Å². The van der Waals surface area contributed by atoms with Gasteiger partial charge in [-0.3, -0.25) is 25.0 Å². The van der Waals surface area contributed by atoms with E-state index in [1.807, 2.05) is 0 Å². The third-order valence-corrected chi connectivity index (χ3v) is 5.91. The average Bonchev–Trinajstić information content (AvgIpc) is 3.01. The Morgan fingerprint density at radius 1 is 1.00 bits per heavy atom. The topological polar surface area (TPSA) is 168 Å². The fraction of sp³-hybridized carbons (Fsp3) is 0.667. The average molecular weight is 453 g/mol. The Balaban J connectivity index is 1.56. The fourth-order valence-electron chi connectivity index (χ4n) is 3.99. The molecule has 4 N–H and O–H groups in total. The maximum Gasteiger partial charge on any atom is 0.299 e. The second-order valence-electron chi connectivity index (χ2n) is 8.62. The Morgan fingerprint density at radius 3 is 2.12 bits per heavy atom. The number of carbonyl (C=O) groups excluding carboxylic acids is 1. The molecule has 11 nitrogen and oxygen atoms in total. The van der Waals surface area contributed by atoms with Crippen LogP contribution < -0.4 is 10.6 Å². The number of unbranched alkanes of at least 4 members (excludes halogenated alkanes) is 5. The van der Waals surface area contributed by atoms with E-state index in [1.54, 1.807) is 6.92 Å². The normalized spacial score (nSPS) is 22.5. The molecule has 1 aromatic rings. The van der Waals surface area contributed by atoms with Crippen LogP contribution >= 0.6 is 0 Å². The van der Waals surface area contributed by atoms with Crippen LogP contribution in [0.5, 0.6) is 0 Å². The molecule has 32 heavy (non-hydrogen) atoms. The summed E-state index contributed by atoms with van der Waals surface area (Å²) in [5.74, 6) is -0.125. The van der Waals surface area contributed by atoms with Gasteiger partial charge in [0.2, 0.25) is 5.91 Å². The second kappa shape index (κ2) is 11.7. The largest absolute Gasteiger partial charge is 0.390 e. The summed E-state index contributed by atoms with van der Waals surface area (Å²) in [6, 6.07) is 3.56. The molecule has 0 bridgehead atoms. The summed E-state index contributed by atoms with van der Waals surface area (Å²) >= 11 is 0. The summed E-state index contributed by atoms with van der Waals surface area (Å²) in [5, 5.41) is 47.1. The number of nitro groups is 2. The lowest BCUT2D eigenvalue weighted by molar-refractivity contribution is -0.393. The van der Waals surface area contributed by atoms with E-state index >= 15 is 0 Å². The highest BCUT2D eigenvalue weighted by Crippen LogP contribution is 2.38. The minimum atomic E-state index is -0.841. The van der Waals surface area contributed by atoms with Crippen LogP contribution in [0.3, 0.4) is 0 Å². The number of aliphatic hydroxyl groups is 2. The molecule has 2 rings (SSSR count). The van der Waals surface area contributed by atoms with E-state index < -0.39 is 27.5 Å². The van der Waals surface area contributed by atoms with E-state index in [0.717, 1.165) is 44.6 Å². The number of hydrogen-bond donors (Lipinski definition) is 4. The number of non-ortho nitro benzene ring substituents is 1. The molecule has 1 amide bonds. The standard InChI is InChI=1S/C21H32N4O7/c1-21(13-18(26)19(27)14-21)20(28)23-11-7-5-3-2-4-6-10-22-16-9-8-15(24(29)30)12-17(16)25(31)32/h8-9,12,18-19,22,26-27H,2-7,10-11,13-14H2,1H3,(H,23,28). The zero-order chi connectivity index (χ0) is 23.7. The molecule has 1 saturated carbocycles. The Morgan fingerprint density at radius 2 is 1.56 bits per heavy atom. The SMILES string of the molecule is CC1(C(=O)NCCCCCCCCNc2ccc([N+](=O)[O-])cc2[N+](=O)[O-])CC(O)C(O)C1. The number of nitrogens with one attached hydrogen (secondary N) is 2. The quantitative estimate of drug-likeness (QED) is 0.201. The van der Waals surface area contributed by atoms with Crippen LogP contribution in [0, 0.1) is 25.6 Å². The molecule has 1 aromatic carbocycles. The first kappa shape index (κ1) is 25.5. The maximum absolute atomic E-state index is 12.3. The van der Waals surface area contributed by atoms with E-state index in [2.05, 4.69) is 10.6 Å². The number of rotatable bonds is 13. The van der Waals surface area contributed by atoms with Crippen molar-refractivity contribution < 1.29 is 24.9 Å². The van der Waals surface area contributed by atoms with Gasteiger partial charge in [-0.2, -0.15) is 0 Å². The van der Waals surface area contributed by atoms with E-state index in [-0.39, 0.29) is 35.8 Å². The molecule has 1 aliphatic rings. The van der Waals surface area contributed by atoms with Gasteiger partial charge < -0.3 is 20.8 Å². The summed E-state index contributed by atoms with van der Waals surface area (Å²) < 4.78 is 0. The Labute approximate surface area is 186 Å². The third kappa shape index (κ3) is 7.13. The van der Waals surface area contributed by atoms with Crippen molar-refractivity contribution in [1.82, 2.24) is 5.32 Å². The number of nitro benzene ring substituents is 2. The molecule has 0 aromatic heterocycles. The summed E-state index contributed by atoms with van der Waals surface area (Å²) in [6.07, 6.45) is 4.43. The van der Waals surface area contributed by atoms with Crippen LogP contribution in [-0.4, -0.2) is 51.3 Å². The van der Waals surface area contributed by atoms with Crippen LogP contribution in [0.2, 0.25) is 0 Å². The number of anilines is 1. The summed E-state index contributed by atoms with van der Waals surface area (Å²) in [4.78, 5) is 32.9. The smallest absolute Gasteiger partial charge is 0.299 e. The van der Waals surface area contributed by atoms with Crippen LogP contribution in [-0.2, 0) is 4.79 Å². The molecule has 11 heteroatoms. The van der Waals surface area contributed by atoms with Gasteiger partial charge in [-0.05, 0) is 31.7 Å². The van der Waals surface area contributed by atoms with Gasteiger partial charge in [0.1, 0.15) is 5.69 Å². The van der Waals surface area contributed by atoms with Crippen LogP contribution in [0.1, 0.15) is 58.3 Å². The zero-order valence-corrected chi connectivity index (χ0v) is 18.3. The molecule has 1 fully saturated rings. The number of aliphatic hydroxyl groups excluding tert-OH is 2. The lowest BCUT2D eigenvalue weighted by Gasteiger charge is -2.22. The minimum Gasteiger partial charge on any atom is -0.390 e. The van der Waals surface area contributed by atoms with Gasteiger partial charge in [-0.15, -0.1) is 0 Å². The molecule has 0 aliphatic heterocycles. The number of benzene rings is 1. The van der Waals surface area contributed by atoms with E-state index in [0.29, 0.717) is 13.1 Å². The first-order chi connectivity index (χ1) is 15.1. The first-order valence-electron chi connectivity index (χ1n) is 11.0. The maximum atomic E-state index is 12.3. The molecule has 178 valence electrons. The molecule has 1 aliphatic carbocycles. The Bertz CT molecular complexity index is 807. The van der Waals surface area contributed by atoms with E-state index in [4.69, 9.17) is 0 Å². The molecular formula is C21H32N4O7. The number of amides is 1. The molecule has 2 atom stereocenters. The highest BCUT2D eigenvalue weighted by atomic mass is 16.6. The second-order valence-corrected chi connectivity index (χ2v) is 8.62. The number of carbonyl (C=O) groups is 1. The highest BCUT2D eigenvalue weighted by molar-refractivity contribution is 5.82. The van der Waals surface area contributed by atoms with Crippen molar-refractivity contribution in [2.24, 2.45) is 5.41 Å². The molecular weight excluding hydrogens is 420 g/mol. The molecule has 0 saturated heterocycles. The molecule has 0 radical (unpaired) electrons. The number of hydrogen-bond acceptors (Lipinski definition) is 8. The predicted octanol–water partition coefficient (Wildman–Crippen LogP) is 2.89. The Hall–Kier alpha value is -2.79. The fourth-order valence-corrected chi connectivity index (χ4v) is 3.99. The lowest BCUT2D eigenvalue weighted by atomic mass is 9.87. The molecule has 2 unspecified atom stereocenters.